The van der Waals surface area contributed by atoms with Gasteiger partial charge >= 0.3 is 0 Å². The van der Waals surface area contributed by atoms with Crippen molar-refractivity contribution in [1.82, 2.24) is 4.90 Å². The van der Waals surface area contributed by atoms with Crippen molar-refractivity contribution in [1.29, 1.82) is 0 Å². The Hall–Kier alpha value is -2.04. The third-order valence-electron chi connectivity index (χ3n) is 4.61. The highest BCUT2D eigenvalue weighted by Crippen LogP contribution is 2.36. The van der Waals surface area contributed by atoms with E-state index in [1.807, 2.05) is 12.1 Å². The lowest BCUT2D eigenvalue weighted by atomic mass is 10.1. The van der Waals surface area contributed by atoms with Gasteiger partial charge in [0.25, 0.3) is 0 Å². The van der Waals surface area contributed by atoms with E-state index in [9.17, 15) is 0 Å². The lowest BCUT2D eigenvalue weighted by Gasteiger charge is -2.25. The maximum absolute atomic E-state index is 5.78. The average Bonchev–Trinajstić information content (AvgIpc) is 3.09. The van der Waals surface area contributed by atoms with Crippen LogP contribution in [-0.2, 0) is 5.75 Å². The Balaban J connectivity index is 1.43. The molecular weight excluding hydrogens is 346 g/mol. The van der Waals surface area contributed by atoms with Crippen LogP contribution in [0.3, 0.4) is 0 Å². The number of rotatable bonds is 3. The molecule has 1 atom stereocenters. The molecule has 4 rings (SSSR count). The maximum Gasteiger partial charge on any atom is 0.137 e. The molecule has 126 valence electrons. The van der Waals surface area contributed by atoms with Crippen LogP contribution in [0.5, 0.6) is 5.75 Å². The average molecular weight is 366 g/mol. The Morgan fingerprint density at radius 1 is 1.08 bits per heavy atom. The van der Waals surface area contributed by atoms with Crippen LogP contribution in [0, 0.1) is 0 Å². The molecule has 1 aliphatic rings. The van der Waals surface area contributed by atoms with Crippen molar-refractivity contribution < 1.29 is 4.74 Å². The largest absolute Gasteiger partial charge is 0.491 e. The number of hydrogen-bond acceptors (Lipinski definition) is 3. The van der Waals surface area contributed by atoms with E-state index in [1.54, 1.807) is 11.8 Å². The number of thiocarbonyl (C=S) groups is 1. The van der Waals surface area contributed by atoms with Gasteiger partial charge in [0.05, 0.1) is 6.04 Å². The molecule has 1 heterocycles. The van der Waals surface area contributed by atoms with Gasteiger partial charge < -0.3 is 9.64 Å². The molecule has 1 aliphatic heterocycles. The fourth-order valence-electron chi connectivity index (χ4n) is 3.17. The zero-order valence-electron chi connectivity index (χ0n) is 14.0. The zero-order valence-corrected chi connectivity index (χ0v) is 15.6. The number of para-hydroxylation sites is 1. The summed E-state index contributed by atoms with van der Waals surface area (Å²) in [5.41, 5.74) is 2.51. The number of thioether (sulfide) groups is 1. The molecule has 25 heavy (non-hydrogen) atoms. The fraction of sp³-hybridized carbons (Fsp3) is 0.190. The number of benzene rings is 3. The van der Waals surface area contributed by atoms with Crippen LogP contribution in [-0.4, -0.2) is 22.9 Å². The highest BCUT2D eigenvalue weighted by Gasteiger charge is 2.28. The Morgan fingerprint density at radius 3 is 2.72 bits per heavy atom. The molecule has 0 bridgehead atoms. The molecule has 0 N–H and O–H groups in total. The summed E-state index contributed by atoms with van der Waals surface area (Å²) < 4.78 is 6.68. The molecule has 0 radical (unpaired) electrons. The summed E-state index contributed by atoms with van der Waals surface area (Å²) in [7, 11) is 2.06. The second-order valence-electron chi connectivity index (χ2n) is 6.21. The third-order valence-corrected chi connectivity index (χ3v) is 6.26. The van der Waals surface area contributed by atoms with Gasteiger partial charge in [-0.05, 0) is 22.4 Å². The second-order valence-corrected chi connectivity index (χ2v) is 7.82. The first kappa shape index (κ1) is 16.4. The van der Waals surface area contributed by atoms with Crippen LogP contribution < -0.4 is 4.74 Å². The Labute approximate surface area is 157 Å². The SMILES string of the molecule is CN(C(=S)SCc1ccc2ccccc2c1)C1COc2ccccc21. The highest BCUT2D eigenvalue weighted by atomic mass is 32.2. The molecule has 0 saturated heterocycles. The van der Waals surface area contributed by atoms with Gasteiger partial charge in [-0.15, -0.1) is 0 Å². The summed E-state index contributed by atoms with van der Waals surface area (Å²) in [6.45, 7) is 0.659. The Kier molecular flexibility index (Phi) is 4.64. The maximum atomic E-state index is 5.78. The van der Waals surface area contributed by atoms with Crippen molar-refractivity contribution >= 4 is 39.1 Å². The van der Waals surface area contributed by atoms with Crippen molar-refractivity contribution in [2.45, 2.75) is 11.8 Å². The van der Waals surface area contributed by atoms with Gasteiger partial charge in [-0.3, -0.25) is 0 Å². The summed E-state index contributed by atoms with van der Waals surface area (Å²) in [5, 5.41) is 2.55. The van der Waals surface area contributed by atoms with E-state index < -0.39 is 0 Å². The minimum absolute atomic E-state index is 0.202. The zero-order chi connectivity index (χ0) is 17.2. The molecule has 2 nitrogen and oxygen atoms in total. The molecule has 0 aliphatic carbocycles. The van der Waals surface area contributed by atoms with E-state index in [0.29, 0.717) is 6.61 Å². The lowest BCUT2D eigenvalue weighted by molar-refractivity contribution is 0.266. The van der Waals surface area contributed by atoms with Gasteiger partial charge in [-0.25, -0.2) is 0 Å². The van der Waals surface area contributed by atoms with Crippen molar-refractivity contribution in [2.75, 3.05) is 13.7 Å². The first-order valence-corrected chi connectivity index (χ1v) is 9.71. The third kappa shape index (κ3) is 3.37. The number of fused-ring (bicyclic) bond motifs is 2. The van der Waals surface area contributed by atoms with E-state index >= 15 is 0 Å². The minimum Gasteiger partial charge on any atom is -0.491 e. The van der Waals surface area contributed by atoms with Crippen molar-refractivity contribution in [3.63, 3.8) is 0 Å². The van der Waals surface area contributed by atoms with Crippen LogP contribution in [0.25, 0.3) is 10.8 Å². The van der Waals surface area contributed by atoms with E-state index in [-0.39, 0.29) is 6.04 Å². The quantitative estimate of drug-likeness (QED) is 0.574. The summed E-state index contributed by atoms with van der Waals surface area (Å²) in [6, 6.07) is 23.5. The lowest BCUT2D eigenvalue weighted by Crippen LogP contribution is -2.29. The van der Waals surface area contributed by atoms with Crippen molar-refractivity contribution in [3.8, 4) is 5.75 Å². The molecule has 3 aromatic rings. The molecule has 0 amide bonds. The molecule has 3 aromatic carbocycles. The predicted molar refractivity (Wildman–Crippen MR) is 110 cm³/mol. The first-order valence-electron chi connectivity index (χ1n) is 8.31. The Morgan fingerprint density at radius 2 is 1.84 bits per heavy atom. The normalized spacial score (nSPS) is 15.6. The highest BCUT2D eigenvalue weighted by molar-refractivity contribution is 8.22. The van der Waals surface area contributed by atoms with E-state index in [4.69, 9.17) is 17.0 Å². The summed E-state index contributed by atoms with van der Waals surface area (Å²) in [6.07, 6.45) is 0. The molecule has 0 aromatic heterocycles. The van der Waals surface area contributed by atoms with Crippen LogP contribution in [0.15, 0.2) is 66.7 Å². The summed E-state index contributed by atoms with van der Waals surface area (Å²) >= 11 is 7.38. The molecule has 0 fully saturated rings. The van der Waals surface area contributed by atoms with Gasteiger partial charge in [0.1, 0.15) is 16.7 Å². The van der Waals surface area contributed by atoms with Crippen LogP contribution in [0.2, 0.25) is 0 Å². The van der Waals surface area contributed by atoms with Crippen molar-refractivity contribution in [3.05, 3.63) is 77.9 Å². The number of ether oxygens (including phenoxy) is 1. The first-order chi connectivity index (χ1) is 12.2. The van der Waals surface area contributed by atoms with Gasteiger partial charge in [-0.1, -0.05) is 84.6 Å². The molecule has 1 unspecified atom stereocenters. The standard InChI is InChI=1S/C21H19NOS2/c1-22(19-13-23-20-9-5-4-8-18(19)20)21(24)25-14-15-10-11-16-6-2-3-7-17(16)12-15/h2-12,19H,13-14H2,1H3. The van der Waals surface area contributed by atoms with Gasteiger partial charge in [0.15, 0.2) is 0 Å². The molecule has 0 saturated carbocycles. The van der Waals surface area contributed by atoms with Gasteiger partial charge in [0, 0.05) is 18.4 Å². The molecule has 4 heteroatoms. The number of hydrogen-bond donors (Lipinski definition) is 0. The van der Waals surface area contributed by atoms with Gasteiger partial charge in [-0.2, -0.15) is 0 Å². The van der Waals surface area contributed by atoms with Crippen LogP contribution in [0.1, 0.15) is 17.2 Å². The van der Waals surface area contributed by atoms with Crippen LogP contribution >= 0.6 is 24.0 Å². The van der Waals surface area contributed by atoms with Crippen molar-refractivity contribution in [2.24, 2.45) is 0 Å². The van der Waals surface area contributed by atoms with E-state index in [2.05, 4.69) is 66.5 Å². The molecule has 0 spiro atoms. The summed E-state index contributed by atoms with van der Waals surface area (Å²) in [5.74, 6) is 1.85. The topological polar surface area (TPSA) is 12.5 Å². The number of nitrogens with zero attached hydrogens (tertiary/aromatic N) is 1. The summed E-state index contributed by atoms with van der Waals surface area (Å²) in [4.78, 5) is 2.16. The smallest absolute Gasteiger partial charge is 0.137 e. The van der Waals surface area contributed by atoms with Crippen LogP contribution in [0.4, 0.5) is 0 Å². The predicted octanol–water partition coefficient (Wildman–Crippen LogP) is 5.42. The monoisotopic (exact) mass is 365 g/mol. The van der Waals surface area contributed by atoms with E-state index in [0.717, 1.165) is 15.8 Å². The minimum atomic E-state index is 0.202. The fourth-order valence-corrected chi connectivity index (χ4v) is 4.27. The Bertz CT molecular complexity index is 924. The van der Waals surface area contributed by atoms with E-state index in [1.165, 1.54) is 21.9 Å². The number of likely N-dealkylation sites (N-methyl/N-ethyl adjacent to an activating group) is 1. The molecular formula is C21H19NOS2. The second kappa shape index (κ2) is 7.06. The van der Waals surface area contributed by atoms with Gasteiger partial charge in [0.2, 0.25) is 0 Å².